The molecule has 0 spiro atoms. The van der Waals surface area contributed by atoms with E-state index in [4.69, 9.17) is 10.6 Å². The first-order valence-electron chi connectivity index (χ1n) is 2.46. The van der Waals surface area contributed by atoms with Gasteiger partial charge in [-0.3, -0.25) is 0 Å². The van der Waals surface area contributed by atoms with Gasteiger partial charge in [-0.25, -0.2) is 0 Å². The Morgan fingerprint density at radius 2 is 2.50 bits per heavy atom. The third-order valence-electron chi connectivity index (χ3n) is 0.710. The van der Waals surface area contributed by atoms with Gasteiger partial charge in [0.25, 0.3) is 0 Å². The van der Waals surface area contributed by atoms with Crippen LogP contribution in [-0.4, -0.2) is 17.8 Å². The quantitative estimate of drug-likeness (QED) is 0.333. The summed E-state index contributed by atoms with van der Waals surface area (Å²) in [4.78, 5) is 2.52. The maximum absolute atomic E-state index is 8.60. The molecule has 0 saturated heterocycles. The second kappa shape index (κ2) is 4.43. The highest BCUT2D eigenvalue weighted by Gasteiger charge is 1.90. The molecule has 1 atom stereocenters. The predicted molar refractivity (Wildman–Crippen MR) is 30.3 cm³/mol. The van der Waals surface area contributed by atoms with Gasteiger partial charge in [0, 0.05) is 11.5 Å². The molecule has 0 bridgehead atoms. The second-order valence-electron chi connectivity index (χ2n) is 1.59. The van der Waals surface area contributed by atoms with Gasteiger partial charge in [-0.15, -0.1) is 0 Å². The number of aliphatic hydroxyl groups is 1. The molecule has 0 aromatic rings. The summed E-state index contributed by atoms with van der Waals surface area (Å²) in [5.41, 5.74) is 7.76. The van der Waals surface area contributed by atoms with E-state index in [9.17, 15) is 0 Å². The van der Waals surface area contributed by atoms with E-state index in [1.165, 1.54) is 0 Å². The number of nitrogens with zero attached hydrogens (tertiary/aromatic N) is 3. The van der Waals surface area contributed by atoms with Crippen LogP contribution in [-0.2, 0) is 0 Å². The Hall–Kier alpha value is -0.730. The maximum Gasteiger partial charge on any atom is 0.0513 e. The molecule has 0 heterocycles. The van der Waals surface area contributed by atoms with E-state index < -0.39 is 0 Å². The van der Waals surface area contributed by atoms with Crippen LogP contribution in [0.4, 0.5) is 0 Å². The van der Waals surface area contributed by atoms with Crippen LogP contribution in [0.2, 0.25) is 0 Å². The zero-order valence-electron chi connectivity index (χ0n) is 4.78. The highest BCUT2D eigenvalue weighted by molar-refractivity contribution is 4.50. The summed E-state index contributed by atoms with van der Waals surface area (Å²) in [7, 11) is 0. The molecule has 0 amide bonds. The van der Waals surface area contributed by atoms with Gasteiger partial charge in [0.2, 0.25) is 0 Å². The third-order valence-corrected chi connectivity index (χ3v) is 0.710. The summed E-state index contributed by atoms with van der Waals surface area (Å²) < 4.78 is 0. The van der Waals surface area contributed by atoms with Crippen LogP contribution in [0.25, 0.3) is 10.4 Å². The van der Waals surface area contributed by atoms with Crippen molar-refractivity contribution >= 4 is 0 Å². The molecule has 0 aliphatic carbocycles. The lowest BCUT2D eigenvalue weighted by Gasteiger charge is -1.95. The van der Waals surface area contributed by atoms with Gasteiger partial charge in [0.15, 0.2) is 0 Å². The lowest BCUT2D eigenvalue weighted by atomic mass is 10.3. The number of azide groups is 1. The molecule has 0 aliphatic heterocycles. The summed E-state index contributed by atoms with van der Waals surface area (Å²) in [5, 5.41) is 11.8. The van der Waals surface area contributed by atoms with Crippen molar-refractivity contribution in [1.29, 1.82) is 0 Å². The van der Waals surface area contributed by atoms with E-state index in [1.807, 2.05) is 0 Å². The van der Waals surface area contributed by atoms with Gasteiger partial charge in [0.1, 0.15) is 0 Å². The average Bonchev–Trinajstić information content (AvgIpc) is 1.66. The van der Waals surface area contributed by atoms with Gasteiger partial charge >= 0.3 is 0 Å². The van der Waals surface area contributed by atoms with Gasteiger partial charge in [0.05, 0.1) is 6.10 Å². The predicted octanol–water partition coefficient (Wildman–Crippen LogP) is 1.07. The van der Waals surface area contributed by atoms with E-state index in [1.54, 1.807) is 6.92 Å². The van der Waals surface area contributed by atoms with Crippen molar-refractivity contribution in [2.24, 2.45) is 5.11 Å². The second-order valence-corrected chi connectivity index (χ2v) is 1.59. The fourth-order valence-corrected chi connectivity index (χ4v) is 0.289. The Labute approximate surface area is 47.8 Å². The molecule has 4 heteroatoms. The van der Waals surface area contributed by atoms with Crippen molar-refractivity contribution < 1.29 is 5.11 Å². The fourth-order valence-electron chi connectivity index (χ4n) is 0.289. The highest BCUT2D eigenvalue weighted by atomic mass is 16.3. The fraction of sp³-hybridized carbons (Fsp3) is 1.00. The Balaban J connectivity index is 3.05. The van der Waals surface area contributed by atoms with Crippen molar-refractivity contribution in [2.45, 2.75) is 19.4 Å². The molecule has 0 rings (SSSR count). The van der Waals surface area contributed by atoms with Gasteiger partial charge in [-0.05, 0) is 18.9 Å². The Morgan fingerprint density at radius 3 is 2.88 bits per heavy atom. The first-order valence-corrected chi connectivity index (χ1v) is 2.46. The van der Waals surface area contributed by atoms with Crippen LogP contribution in [0.1, 0.15) is 13.3 Å². The summed E-state index contributed by atoms with van der Waals surface area (Å²) in [6.07, 6.45) is 0.185. The van der Waals surface area contributed by atoms with Gasteiger partial charge in [-0.2, -0.15) is 0 Å². The molecule has 0 aliphatic rings. The summed E-state index contributed by atoms with van der Waals surface area (Å²) in [6, 6.07) is 0. The standard InChI is InChI=1S/C4H9N3O/c1-4(8)2-3-6-7-5/h4,8H,2-3H2,1H3. The van der Waals surface area contributed by atoms with Crippen LogP contribution >= 0.6 is 0 Å². The molecular weight excluding hydrogens is 106 g/mol. The molecule has 0 radical (unpaired) electrons. The van der Waals surface area contributed by atoms with Crippen LogP contribution in [0.3, 0.4) is 0 Å². The monoisotopic (exact) mass is 115 g/mol. The molecule has 8 heavy (non-hydrogen) atoms. The van der Waals surface area contributed by atoms with Crippen LogP contribution < -0.4 is 0 Å². The van der Waals surface area contributed by atoms with Crippen LogP contribution in [0.15, 0.2) is 5.11 Å². The van der Waals surface area contributed by atoms with E-state index in [-0.39, 0.29) is 6.10 Å². The number of hydrogen-bond donors (Lipinski definition) is 1. The molecule has 1 unspecified atom stereocenters. The van der Waals surface area contributed by atoms with Crippen molar-refractivity contribution in [3.63, 3.8) is 0 Å². The minimum absolute atomic E-state index is 0.361. The summed E-state index contributed by atoms with van der Waals surface area (Å²) in [6.45, 7) is 2.04. The van der Waals surface area contributed by atoms with Crippen molar-refractivity contribution in [2.75, 3.05) is 6.54 Å². The normalized spacial score (nSPS) is 12.2. The lowest BCUT2D eigenvalue weighted by molar-refractivity contribution is 0.187. The zero-order chi connectivity index (χ0) is 6.41. The number of hydrogen-bond acceptors (Lipinski definition) is 2. The number of aliphatic hydroxyl groups excluding tert-OH is 1. The van der Waals surface area contributed by atoms with Crippen LogP contribution in [0.5, 0.6) is 0 Å². The van der Waals surface area contributed by atoms with E-state index in [0.29, 0.717) is 13.0 Å². The SMILES string of the molecule is CC(O)CCN=[N+]=[N-]. The van der Waals surface area contributed by atoms with Gasteiger partial charge < -0.3 is 5.11 Å². The van der Waals surface area contributed by atoms with Crippen molar-refractivity contribution in [3.05, 3.63) is 10.4 Å². The lowest BCUT2D eigenvalue weighted by Crippen LogP contribution is -1.99. The first kappa shape index (κ1) is 7.27. The Morgan fingerprint density at radius 1 is 1.88 bits per heavy atom. The van der Waals surface area contributed by atoms with Crippen molar-refractivity contribution in [1.82, 2.24) is 0 Å². The summed E-state index contributed by atoms with van der Waals surface area (Å²) >= 11 is 0. The minimum Gasteiger partial charge on any atom is -0.393 e. The van der Waals surface area contributed by atoms with E-state index in [0.717, 1.165) is 0 Å². The highest BCUT2D eigenvalue weighted by Crippen LogP contribution is 1.88. The molecule has 0 saturated carbocycles. The smallest absolute Gasteiger partial charge is 0.0513 e. The van der Waals surface area contributed by atoms with E-state index >= 15 is 0 Å². The zero-order valence-corrected chi connectivity index (χ0v) is 4.78. The average molecular weight is 115 g/mol. The van der Waals surface area contributed by atoms with Crippen molar-refractivity contribution in [3.8, 4) is 0 Å². The number of rotatable bonds is 3. The maximum atomic E-state index is 8.60. The molecule has 0 aromatic heterocycles. The largest absolute Gasteiger partial charge is 0.393 e. The third kappa shape index (κ3) is 5.27. The topological polar surface area (TPSA) is 69.0 Å². The van der Waals surface area contributed by atoms with Gasteiger partial charge in [-0.1, -0.05) is 5.11 Å². The molecule has 4 nitrogen and oxygen atoms in total. The molecule has 0 fully saturated rings. The van der Waals surface area contributed by atoms with E-state index in [2.05, 4.69) is 10.0 Å². The molecule has 0 aromatic carbocycles. The Kier molecular flexibility index (Phi) is 4.03. The minimum atomic E-state index is -0.361. The molecule has 46 valence electrons. The molecule has 1 N–H and O–H groups in total. The molecular formula is C4H9N3O. The summed E-state index contributed by atoms with van der Waals surface area (Å²) in [5.74, 6) is 0. The van der Waals surface area contributed by atoms with Crippen LogP contribution in [0, 0.1) is 0 Å². The first-order chi connectivity index (χ1) is 3.77. The Bertz CT molecular complexity index is 95.5.